The molecular formula is C10H14N2O2. The molecule has 1 atom stereocenters. The molecule has 1 amide bonds. The number of hydrogen-bond donors (Lipinski definition) is 3. The lowest BCUT2D eigenvalue weighted by Crippen LogP contribution is -2.23. The van der Waals surface area contributed by atoms with E-state index in [-0.39, 0.29) is 24.1 Å². The van der Waals surface area contributed by atoms with Crippen molar-refractivity contribution in [1.82, 2.24) is 0 Å². The Morgan fingerprint density at radius 1 is 1.57 bits per heavy atom. The van der Waals surface area contributed by atoms with Gasteiger partial charge in [-0.3, -0.25) is 4.79 Å². The molecule has 0 bridgehead atoms. The molecule has 1 aromatic rings. The largest absolute Gasteiger partial charge is 0.506 e. The lowest BCUT2D eigenvalue weighted by molar-refractivity contribution is -0.116. The molecule has 0 heterocycles. The third-order valence-electron chi connectivity index (χ3n) is 1.69. The van der Waals surface area contributed by atoms with Crippen LogP contribution in [0.25, 0.3) is 0 Å². The molecule has 1 aromatic carbocycles. The molecule has 76 valence electrons. The van der Waals surface area contributed by atoms with Crippen LogP contribution in [-0.4, -0.2) is 17.1 Å². The van der Waals surface area contributed by atoms with Crippen molar-refractivity contribution in [3.63, 3.8) is 0 Å². The van der Waals surface area contributed by atoms with Crippen molar-refractivity contribution in [1.29, 1.82) is 0 Å². The van der Waals surface area contributed by atoms with Gasteiger partial charge in [-0.25, -0.2) is 0 Å². The number of carbonyl (C=O) groups is 1. The number of anilines is 1. The molecule has 4 nitrogen and oxygen atoms in total. The van der Waals surface area contributed by atoms with Crippen LogP contribution in [-0.2, 0) is 4.79 Å². The van der Waals surface area contributed by atoms with Crippen LogP contribution >= 0.6 is 0 Å². The van der Waals surface area contributed by atoms with E-state index in [4.69, 9.17) is 5.73 Å². The Morgan fingerprint density at radius 3 is 2.79 bits per heavy atom. The van der Waals surface area contributed by atoms with E-state index >= 15 is 0 Å². The standard InChI is InChI=1S/C10H14N2O2/c1-7(11)6-10(14)12-8-4-2-3-5-9(8)13/h2-5,7,13H,6,11H2,1H3,(H,12,14)/t7-/m0/s1. The summed E-state index contributed by atoms with van der Waals surface area (Å²) >= 11 is 0. The molecule has 0 radical (unpaired) electrons. The number of carbonyl (C=O) groups excluding carboxylic acids is 1. The lowest BCUT2D eigenvalue weighted by Gasteiger charge is -2.08. The number of nitrogens with two attached hydrogens (primary N) is 1. The summed E-state index contributed by atoms with van der Waals surface area (Å²) in [5.74, 6) is -0.132. The van der Waals surface area contributed by atoms with Gasteiger partial charge in [0.25, 0.3) is 0 Å². The van der Waals surface area contributed by atoms with Crippen LogP contribution in [0.2, 0.25) is 0 Å². The fourth-order valence-electron chi connectivity index (χ4n) is 1.07. The van der Waals surface area contributed by atoms with Gasteiger partial charge in [0.15, 0.2) is 0 Å². The number of phenols is 1. The molecule has 0 aromatic heterocycles. The Kier molecular flexibility index (Phi) is 3.48. The third kappa shape index (κ3) is 3.06. The summed E-state index contributed by atoms with van der Waals surface area (Å²) in [6, 6.07) is 6.40. The molecule has 0 aliphatic rings. The van der Waals surface area contributed by atoms with Crippen molar-refractivity contribution in [2.75, 3.05) is 5.32 Å². The average molecular weight is 194 g/mol. The minimum Gasteiger partial charge on any atom is -0.506 e. The molecule has 0 saturated heterocycles. The first kappa shape index (κ1) is 10.5. The van der Waals surface area contributed by atoms with Gasteiger partial charge in [-0.05, 0) is 19.1 Å². The maximum Gasteiger partial charge on any atom is 0.226 e. The average Bonchev–Trinajstić information content (AvgIpc) is 2.07. The number of amides is 1. The second-order valence-corrected chi connectivity index (χ2v) is 3.25. The number of para-hydroxylation sites is 2. The van der Waals surface area contributed by atoms with Crippen molar-refractivity contribution >= 4 is 11.6 Å². The van der Waals surface area contributed by atoms with E-state index in [1.54, 1.807) is 25.1 Å². The van der Waals surface area contributed by atoms with E-state index in [0.717, 1.165) is 0 Å². The van der Waals surface area contributed by atoms with E-state index in [1.807, 2.05) is 0 Å². The summed E-state index contributed by atoms with van der Waals surface area (Å²) in [7, 11) is 0. The maximum absolute atomic E-state index is 11.3. The number of nitrogens with one attached hydrogen (secondary N) is 1. The van der Waals surface area contributed by atoms with E-state index in [0.29, 0.717) is 5.69 Å². The van der Waals surface area contributed by atoms with E-state index in [1.165, 1.54) is 6.07 Å². The topological polar surface area (TPSA) is 75.4 Å². The molecule has 0 fully saturated rings. The molecule has 0 aliphatic heterocycles. The zero-order chi connectivity index (χ0) is 10.6. The van der Waals surface area contributed by atoms with Crippen LogP contribution in [0.4, 0.5) is 5.69 Å². The van der Waals surface area contributed by atoms with Crippen LogP contribution in [0.15, 0.2) is 24.3 Å². The van der Waals surface area contributed by atoms with Crippen molar-refractivity contribution < 1.29 is 9.90 Å². The fourth-order valence-corrected chi connectivity index (χ4v) is 1.07. The van der Waals surface area contributed by atoms with Gasteiger partial charge in [0.05, 0.1) is 5.69 Å². The molecule has 0 saturated carbocycles. The first-order valence-electron chi connectivity index (χ1n) is 4.43. The smallest absolute Gasteiger partial charge is 0.226 e. The highest BCUT2D eigenvalue weighted by atomic mass is 16.3. The van der Waals surface area contributed by atoms with Crippen molar-refractivity contribution in [2.24, 2.45) is 5.73 Å². The molecule has 0 aliphatic carbocycles. The Labute approximate surface area is 82.7 Å². The van der Waals surface area contributed by atoms with Crippen LogP contribution in [0.3, 0.4) is 0 Å². The highest BCUT2D eigenvalue weighted by Crippen LogP contribution is 2.21. The monoisotopic (exact) mass is 194 g/mol. The van der Waals surface area contributed by atoms with E-state index < -0.39 is 0 Å². The quantitative estimate of drug-likeness (QED) is 0.630. The normalized spacial score (nSPS) is 12.1. The third-order valence-corrected chi connectivity index (χ3v) is 1.69. The summed E-state index contributed by atoms with van der Waals surface area (Å²) in [5, 5.41) is 11.9. The van der Waals surface area contributed by atoms with Crippen molar-refractivity contribution in [2.45, 2.75) is 19.4 Å². The Balaban J connectivity index is 2.61. The van der Waals surface area contributed by atoms with Crippen LogP contribution < -0.4 is 11.1 Å². The predicted octanol–water partition coefficient (Wildman–Crippen LogP) is 1.07. The predicted molar refractivity (Wildman–Crippen MR) is 55.0 cm³/mol. The van der Waals surface area contributed by atoms with Gasteiger partial charge < -0.3 is 16.2 Å². The molecule has 4 N–H and O–H groups in total. The molecule has 1 rings (SSSR count). The van der Waals surface area contributed by atoms with Gasteiger partial charge >= 0.3 is 0 Å². The SMILES string of the molecule is C[C@H](N)CC(=O)Nc1ccccc1O. The van der Waals surface area contributed by atoms with Crippen LogP contribution in [0.5, 0.6) is 5.75 Å². The fraction of sp³-hybridized carbons (Fsp3) is 0.300. The molecule has 0 spiro atoms. The number of phenolic OH excluding ortho intramolecular Hbond substituents is 1. The van der Waals surface area contributed by atoms with Crippen molar-refractivity contribution in [3.8, 4) is 5.75 Å². The summed E-state index contributed by atoms with van der Waals surface area (Å²) in [6.45, 7) is 1.75. The minimum absolute atomic E-state index is 0.0607. The highest BCUT2D eigenvalue weighted by Gasteiger charge is 2.07. The molecule has 4 heteroatoms. The van der Waals surface area contributed by atoms with Gasteiger partial charge in [0, 0.05) is 12.5 Å². The maximum atomic E-state index is 11.3. The zero-order valence-corrected chi connectivity index (χ0v) is 8.03. The van der Waals surface area contributed by atoms with Crippen LogP contribution in [0.1, 0.15) is 13.3 Å². The minimum atomic E-state index is -0.193. The van der Waals surface area contributed by atoms with E-state index in [2.05, 4.69) is 5.32 Å². The molecular weight excluding hydrogens is 180 g/mol. The van der Waals surface area contributed by atoms with E-state index in [9.17, 15) is 9.90 Å². The van der Waals surface area contributed by atoms with Gasteiger partial charge in [0.2, 0.25) is 5.91 Å². The number of rotatable bonds is 3. The molecule has 14 heavy (non-hydrogen) atoms. The Hall–Kier alpha value is -1.55. The van der Waals surface area contributed by atoms with Gasteiger partial charge in [-0.2, -0.15) is 0 Å². The second-order valence-electron chi connectivity index (χ2n) is 3.25. The number of hydrogen-bond acceptors (Lipinski definition) is 3. The Bertz CT molecular complexity index is 324. The second kappa shape index (κ2) is 4.62. The first-order valence-corrected chi connectivity index (χ1v) is 4.43. The highest BCUT2D eigenvalue weighted by molar-refractivity contribution is 5.92. The summed E-state index contributed by atoms with van der Waals surface area (Å²) < 4.78 is 0. The lowest BCUT2D eigenvalue weighted by atomic mass is 10.2. The Morgan fingerprint density at radius 2 is 2.21 bits per heavy atom. The summed E-state index contributed by atoms with van der Waals surface area (Å²) in [5.41, 5.74) is 5.88. The summed E-state index contributed by atoms with van der Waals surface area (Å²) in [6.07, 6.45) is 0.244. The number of benzene rings is 1. The first-order chi connectivity index (χ1) is 6.59. The van der Waals surface area contributed by atoms with Crippen LogP contribution in [0, 0.1) is 0 Å². The van der Waals surface area contributed by atoms with Gasteiger partial charge in [-0.1, -0.05) is 12.1 Å². The van der Waals surface area contributed by atoms with Gasteiger partial charge in [-0.15, -0.1) is 0 Å². The van der Waals surface area contributed by atoms with Gasteiger partial charge in [0.1, 0.15) is 5.75 Å². The molecule has 0 unspecified atom stereocenters. The van der Waals surface area contributed by atoms with Crippen molar-refractivity contribution in [3.05, 3.63) is 24.3 Å². The zero-order valence-electron chi connectivity index (χ0n) is 8.03. The summed E-state index contributed by atoms with van der Waals surface area (Å²) in [4.78, 5) is 11.3. The number of aromatic hydroxyl groups is 1.